The number of hydrogen-bond donors (Lipinski definition) is 1. The third-order valence-corrected chi connectivity index (χ3v) is 5.07. The van der Waals surface area contributed by atoms with Crippen molar-refractivity contribution in [3.8, 4) is 28.4 Å². The van der Waals surface area contributed by atoms with Crippen LogP contribution in [0.3, 0.4) is 0 Å². The molecule has 0 aliphatic carbocycles. The Kier molecular flexibility index (Phi) is 6.90. The Morgan fingerprint density at radius 2 is 1.33 bits per heavy atom. The summed E-state index contributed by atoms with van der Waals surface area (Å²) in [7, 11) is 0. The molecule has 4 rings (SSSR count). The molecule has 0 aliphatic rings. The summed E-state index contributed by atoms with van der Waals surface area (Å²) in [5.41, 5.74) is 4.44. The number of hydrogen-bond acceptors (Lipinski definition) is 4. The van der Waals surface area contributed by atoms with Crippen LogP contribution in [-0.4, -0.2) is 11.3 Å². The molecule has 0 radical (unpaired) electrons. The van der Waals surface area contributed by atoms with E-state index in [0.717, 1.165) is 22.3 Å². The van der Waals surface area contributed by atoms with Crippen molar-refractivity contribution in [3.05, 3.63) is 114 Å². The molecule has 166 valence electrons. The van der Waals surface area contributed by atoms with Crippen molar-refractivity contribution in [2.45, 2.75) is 20.1 Å². The molecule has 1 N–H and O–H groups in total. The van der Waals surface area contributed by atoms with E-state index in [-0.39, 0.29) is 12.4 Å². The van der Waals surface area contributed by atoms with Gasteiger partial charge in [0, 0.05) is 11.6 Å². The predicted octanol–water partition coefficient (Wildman–Crippen LogP) is 6.88. The lowest BCUT2D eigenvalue weighted by Gasteiger charge is -2.17. The van der Waals surface area contributed by atoms with Crippen molar-refractivity contribution < 1.29 is 24.1 Å². The second kappa shape index (κ2) is 10.4. The molecule has 5 nitrogen and oxygen atoms in total. The minimum Gasteiger partial charge on any atom is -0.489 e. The fourth-order valence-corrected chi connectivity index (χ4v) is 3.38. The summed E-state index contributed by atoms with van der Waals surface area (Å²) >= 11 is 0. The van der Waals surface area contributed by atoms with Crippen LogP contribution in [0.1, 0.15) is 16.7 Å². The Labute approximate surface area is 192 Å². The fourth-order valence-electron chi connectivity index (χ4n) is 3.38. The maximum atomic E-state index is 11.5. The maximum absolute atomic E-state index is 11.5. The summed E-state index contributed by atoms with van der Waals surface area (Å²) in [6.07, 6.45) is -1.41. The van der Waals surface area contributed by atoms with Crippen molar-refractivity contribution in [2.24, 2.45) is 0 Å². The van der Waals surface area contributed by atoms with Gasteiger partial charge in [0.15, 0.2) is 11.5 Å². The quantitative estimate of drug-likeness (QED) is 0.239. The van der Waals surface area contributed by atoms with E-state index in [2.05, 4.69) is 0 Å². The minimum absolute atomic E-state index is 0.134. The second-order valence-corrected chi connectivity index (χ2v) is 7.58. The molecule has 4 aromatic rings. The van der Waals surface area contributed by atoms with Crippen LogP contribution < -0.4 is 14.2 Å². The van der Waals surface area contributed by atoms with Crippen LogP contribution >= 0.6 is 0 Å². The number of carbonyl (C=O) groups is 1. The SMILES string of the molecule is Cc1ccc(-c2cc(OCc3ccccc3)cc(OCc3ccccc3)c2OC(=O)O)cc1. The first kappa shape index (κ1) is 22.0. The van der Waals surface area contributed by atoms with E-state index in [1.54, 1.807) is 12.1 Å². The van der Waals surface area contributed by atoms with Gasteiger partial charge in [-0.2, -0.15) is 0 Å². The van der Waals surface area contributed by atoms with Crippen molar-refractivity contribution in [2.75, 3.05) is 0 Å². The summed E-state index contributed by atoms with van der Waals surface area (Å²) in [6.45, 7) is 2.62. The Bertz CT molecular complexity index is 1200. The number of benzene rings is 4. The van der Waals surface area contributed by atoms with Gasteiger partial charge in [-0.3, -0.25) is 0 Å². The van der Waals surface area contributed by atoms with E-state index >= 15 is 0 Å². The van der Waals surface area contributed by atoms with Crippen LogP contribution in [0.25, 0.3) is 11.1 Å². The molecule has 4 aromatic carbocycles. The van der Waals surface area contributed by atoms with Crippen LogP contribution in [0, 0.1) is 6.92 Å². The average Bonchev–Trinajstić information content (AvgIpc) is 2.84. The van der Waals surface area contributed by atoms with Crippen molar-refractivity contribution in [3.63, 3.8) is 0 Å². The Morgan fingerprint density at radius 3 is 1.91 bits per heavy atom. The van der Waals surface area contributed by atoms with Gasteiger partial charge in [-0.15, -0.1) is 0 Å². The molecule has 0 bridgehead atoms. The average molecular weight is 440 g/mol. The second-order valence-electron chi connectivity index (χ2n) is 7.58. The highest BCUT2D eigenvalue weighted by Crippen LogP contribution is 2.42. The Balaban J connectivity index is 1.73. The molecule has 5 heteroatoms. The van der Waals surface area contributed by atoms with E-state index in [1.807, 2.05) is 91.9 Å². The molecule has 0 spiro atoms. The molecule has 0 aliphatic heterocycles. The van der Waals surface area contributed by atoms with Gasteiger partial charge in [0.1, 0.15) is 19.0 Å². The van der Waals surface area contributed by atoms with Gasteiger partial charge in [0.2, 0.25) is 0 Å². The lowest BCUT2D eigenvalue weighted by atomic mass is 10.0. The first-order valence-electron chi connectivity index (χ1n) is 10.6. The lowest BCUT2D eigenvalue weighted by molar-refractivity contribution is 0.142. The highest BCUT2D eigenvalue weighted by Gasteiger charge is 2.19. The van der Waals surface area contributed by atoms with Crippen LogP contribution in [-0.2, 0) is 13.2 Å². The fraction of sp³-hybridized carbons (Fsp3) is 0.107. The first-order valence-corrected chi connectivity index (χ1v) is 10.6. The molecule has 0 saturated heterocycles. The summed E-state index contributed by atoms with van der Waals surface area (Å²) in [4.78, 5) is 11.5. The third kappa shape index (κ3) is 5.92. The van der Waals surface area contributed by atoms with Gasteiger partial charge >= 0.3 is 6.16 Å². The molecule has 0 saturated carbocycles. The minimum atomic E-state index is -1.41. The summed E-state index contributed by atoms with van der Waals surface area (Å²) < 4.78 is 17.3. The smallest absolute Gasteiger partial charge is 0.489 e. The molecular weight excluding hydrogens is 416 g/mol. The van der Waals surface area contributed by atoms with Crippen molar-refractivity contribution in [1.29, 1.82) is 0 Å². The molecular formula is C28H24O5. The van der Waals surface area contributed by atoms with E-state index < -0.39 is 6.16 Å². The third-order valence-electron chi connectivity index (χ3n) is 5.07. The zero-order chi connectivity index (χ0) is 23.0. The zero-order valence-electron chi connectivity index (χ0n) is 18.2. The normalized spacial score (nSPS) is 10.5. The molecule has 0 heterocycles. The number of aryl methyl sites for hydroxylation is 1. The molecule has 0 fully saturated rings. The van der Waals surface area contributed by atoms with Crippen LogP contribution in [0.4, 0.5) is 4.79 Å². The van der Waals surface area contributed by atoms with Crippen LogP contribution in [0.5, 0.6) is 17.2 Å². The molecule has 0 amide bonds. The summed E-state index contributed by atoms with van der Waals surface area (Å²) in [5.74, 6) is 0.979. The van der Waals surface area contributed by atoms with E-state index in [0.29, 0.717) is 23.7 Å². The van der Waals surface area contributed by atoms with Gasteiger partial charge in [-0.1, -0.05) is 90.5 Å². The Hall–Kier alpha value is -4.25. The number of rotatable bonds is 8. The Morgan fingerprint density at radius 1 is 0.758 bits per heavy atom. The van der Waals surface area contributed by atoms with Crippen molar-refractivity contribution >= 4 is 6.16 Å². The van der Waals surface area contributed by atoms with Gasteiger partial charge in [-0.05, 0) is 29.7 Å². The van der Waals surface area contributed by atoms with E-state index in [4.69, 9.17) is 14.2 Å². The van der Waals surface area contributed by atoms with Crippen LogP contribution in [0.15, 0.2) is 97.1 Å². The maximum Gasteiger partial charge on any atom is 0.511 e. The highest BCUT2D eigenvalue weighted by molar-refractivity contribution is 5.79. The number of ether oxygens (including phenoxy) is 3. The van der Waals surface area contributed by atoms with Gasteiger partial charge < -0.3 is 19.3 Å². The van der Waals surface area contributed by atoms with Crippen molar-refractivity contribution in [1.82, 2.24) is 0 Å². The molecule has 0 unspecified atom stereocenters. The van der Waals surface area contributed by atoms with Gasteiger partial charge in [0.25, 0.3) is 0 Å². The van der Waals surface area contributed by atoms with E-state index in [1.165, 1.54) is 0 Å². The molecule has 33 heavy (non-hydrogen) atoms. The standard InChI is InChI=1S/C28H24O5/c1-20-12-14-23(15-13-20)25-16-24(31-18-21-8-4-2-5-9-21)17-26(27(25)33-28(29)30)32-19-22-10-6-3-7-11-22/h2-17H,18-19H2,1H3,(H,29,30). The zero-order valence-corrected chi connectivity index (χ0v) is 18.2. The highest BCUT2D eigenvalue weighted by atomic mass is 16.7. The predicted molar refractivity (Wildman–Crippen MR) is 127 cm³/mol. The molecule has 0 atom stereocenters. The van der Waals surface area contributed by atoms with Gasteiger partial charge in [-0.25, -0.2) is 4.79 Å². The monoisotopic (exact) mass is 440 g/mol. The van der Waals surface area contributed by atoms with Crippen LogP contribution in [0.2, 0.25) is 0 Å². The van der Waals surface area contributed by atoms with E-state index in [9.17, 15) is 9.90 Å². The lowest BCUT2D eigenvalue weighted by Crippen LogP contribution is -2.07. The summed E-state index contributed by atoms with van der Waals surface area (Å²) in [5, 5.41) is 9.40. The number of carboxylic acid groups (broad SMARTS) is 1. The first-order chi connectivity index (χ1) is 16.1. The summed E-state index contributed by atoms with van der Waals surface area (Å²) in [6, 6.07) is 30.7. The topological polar surface area (TPSA) is 65.0 Å². The molecule has 0 aromatic heterocycles. The largest absolute Gasteiger partial charge is 0.511 e. The van der Waals surface area contributed by atoms with Gasteiger partial charge in [0.05, 0.1) is 0 Å².